The van der Waals surface area contributed by atoms with Crippen LogP contribution in [0.2, 0.25) is 5.02 Å². The van der Waals surface area contributed by atoms with E-state index in [-0.39, 0.29) is 10.0 Å². The molecule has 1 aliphatic rings. The van der Waals surface area contributed by atoms with Gasteiger partial charge in [-0.15, -0.1) is 0 Å². The quantitative estimate of drug-likeness (QED) is 0.832. The molecule has 20 heavy (non-hydrogen) atoms. The van der Waals surface area contributed by atoms with E-state index in [1.807, 2.05) is 18.2 Å². The molecule has 0 amide bonds. The third-order valence-electron chi connectivity index (χ3n) is 2.71. The predicted octanol–water partition coefficient (Wildman–Crippen LogP) is 4.19. The zero-order valence-electron chi connectivity index (χ0n) is 10.4. The number of rotatable bonds is 2. The number of benzene rings is 1. The van der Waals surface area contributed by atoms with E-state index in [9.17, 15) is 4.39 Å². The molecule has 1 aromatic carbocycles. The van der Waals surface area contributed by atoms with Crippen molar-refractivity contribution in [3.63, 3.8) is 0 Å². The SMILES string of the molecule is Fc1cc(Cl)cnc1Sc1ccc2c(c1)OCCCO2. The third kappa shape index (κ3) is 2.99. The van der Waals surface area contributed by atoms with Crippen molar-refractivity contribution in [2.24, 2.45) is 0 Å². The van der Waals surface area contributed by atoms with Crippen molar-refractivity contribution in [3.8, 4) is 11.5 Å². The zero-order chi connectivity index (χ0) is 13.9. The molecule has 2 aromatic rings. The number of hydrogen-bond donors (Lipinski definition) is 0. The minimum absolute atomic E-state index is 0.281. The Morgan fingerprint density at radius 2 is 1.95 bits per heavy atom. The molecule has 0 fully saturated rings. The summed E-state index contributed by atoms with van der Waals surface area (Å²) in [5, 5.41) is 0.564. The molecule has 0 saturated carbocycles. The number of fused-ring (bicyclic) bond motifs is 1. The summed E-state index contributed by atoms with van der Waals surface area (Å²) in [6, 6.07) is 6.77. The van der Waals surface area contributed by atoms with Crippen LogP contribution < -0.4 is 9.47 Å². The minimum atomic E-state index is -0.436. The lowest BCUT2D eigenvalue weighted by atomic mass is 10.3. The lowest BCUT2D eigenvalue weighted by molar-refractivity contribution is 0.297. The Morgan fingerprint density at radius 1 is 1.15 bits per heavy atom. The van der Waals surface area contributed by atoms with Gasteiger partial charge in [-0.25, -0.2) is 9.37 Å². The van der Waals surface area contributed by atoms with E-state index in [1.54, 1.807) is 0 Å². The first kappa shape index (κ1) is 13.5. The maximum atomic E-state index is 13.7. The first-order valence-corrected chi connectivity index (χ1v) is 7.30. The maximum absolute atomic E-state index is 13.7. The van der Waals surface area contributed by atoms with Gasteiger partial charge in [0.2, 0.25) is 0 Å². The van der Waals surface area contributed by atoms with Crippen LogP contribution in [0.4, 0.5) is 4.39 Å². The van der Waals surface area contributed by atoms with Crippen LogP contribution in [-0.4, -0.2) is 18.2 Å². The van der Waals surface area contributed by atoms with Gasteiger partial charge in [0, 0.05) is 17.5 Å². The summed E-state index contributed by atoms with van der Waals surface area (Å²) < 4.78 is 24.9. The molecule has 3 nitrogen and oxygen atoms in total. The van der Waals surface area contributed by atoms with Crippen molar-refractivity contribution in [2.75, 3.05) is 13.2 Å². The van der Waals surface area contributed by atoms with Crippen LogP contribution in [0, 0.1) is 5.82 Å². The molecular formula is C14H11ClFNO2S. The second kappa shape index (κ2) is 5.89. The van der Waals surface area contributed by atoms with Gasteiger partial charge in [0.05, 0.1) is 18.2 Å². The molecule has 3 rings (SSSR count). The van der Waals surface area contributed by atoms with Crippen molar-refractivity contribution in [1.82, 2.24) is 4.98 Å². The summed E-state index contributed by atoms with van der Waals surface area (Å²) in [6.45, 7) is 1.27. The molecule has 104 valence electrons. The topological polar surface area (TPSA) is 31.4 Å². The largest absolute Gasteiger partial charge is 0.490 e. The molecule has 0 spiro atoms. The molecule has 1 aliphatic heterocycles. The Labute approximate surface area is 125 Å². The summed E-state index contributed by atoms with van der Waals surface area (Å²) in [7, 11) is 0. The Hall–Kier alpha value is -1.46. The molecule has 0 atom stereocenters. The Kier molecular flexibility index (Phi) is 3.98. The highest BCUT2D eigenvalue weighted by molar-refractivity contribution is 7.99. The van der Waals surface area contributed by atoms with E-state index in [2.05, 4.69) is 4.98 Å². The summed E-state index contributed by atoms with van der Waals surface area (Å²) in [5.41, 5.74) is 0. The van der Waals surface area contributed by atoms with Crippen molar-refractivity contribution >= 4 is 23.4 Å². The highest BCUT2D eigenvalue weighted by Gasteiger charge is 2.13. The third-order valence-corrected chi connectivity index (χ3v) is 3.90. The average Bonchev–Trinajstić information content (AvgIpc) is 2.66. The van der Waals surface area contributed by atoms with Crippen LogP contribution in [0.5, 0.6) is 11.5 Å². The molecule has 0 aliphatic carbocycles. The number of hydrogen-bond acceptors (Lipinski definition) is 4. The minimum Gasteiger partial charge on any atom is -0.490 e. The van der Waals surface area contributed by atoms with Crippen molar-refractivity contribution < 1.29 is 13.9 Å². The summed E-state index contributed by atoms with van der Waals surface area (Å²) in [6.07, 6.45) is 2.28. The zero-order valence-corrected chi connectivity index (χ0v) is 12.0. The van der Waals surface area contributed by atoms with E-state index in [4.69, 9.17) is 21.1 Å². The Bertz CT molecular complexity index is 639. The summed E-state index contributed by atoms with van der Waals surface area (Å²) in [4.78, 5) is 4.82. The van der Waals surface area contributed by atoms with Gasteiger partial charge in [-0.2, -0.15) is 0 Å². The summed E-state index contributed by atoms with van der Waals surface area (Å²) in [5.74, 6) is 0.966. The van der Waals surface area contributed by atoms with Crippen LogP contribution in [0.15, 0.2) is 40.4 Å². The van der Waals surface area contributed by atoms with E-state index in [1.165, 1.54) is 24.0 Å². The van der Waals surface area contributed by atoms with Gasteiger partial charge < -0.3 is 9.47 Å². The highest BCUT2D eigenvalue weighted by Crippen LogP contribution is 2.36. The number of halogens is 2. The van der Waals surface area contributed by atoms with Crippen LogP contribution in [-0.2, 0) is 0 Å². The fraction of sp³-hybridized carbons (Fsp3) is 0.214. The van der Waals surface area contributed by atoms with Crippen LogP contribution in [0.1, 0.15) is 6.42 Å². The molecule has 0 bridgehead atoms. The molecule has 0 saturated heterocycles. The van der Waals surface area contributed by atoms with Gasteiger partial charge in [0.15, 0.2) is 17.3 Å². The van der Waals surface area contributed by atoms with Crippen LogP contribution >= 0.6 is 23.4 Å². The highest BCUT2D eigenvalue weighted by atomic mass is 35.5. The lowest BCUT2D eigenvalue weighted by Crippen LogP contribution is -1.97. The van der Waals surface area contributed by atoms with E-state index in [0.717, 1.165) is 17.1 Å². The molecule has 0 unspecified atom stereocenters. The van der Waals surface area contributed by atoms with Crippen molar-refractivity contribution in [1.29, 1.82) is 0 Å². The maximum Gasteiger partial charge on any atom is 0.162 e. The molecule has 6 heteroatoms. The first-order chi connectivity index (χ1) is 9.72. The van der Waals surface area contributed by atoms with Crippen molar-refractivity contribution in [3.05, 3.63) is 41.3 Å². The first-order valence-electron chi connectivity index (χ1n) is 6.11. The average molecular weight is 312 g/mol. The van der Waals surface area contributed by atoms with Gasteiger partial charge in [0.25, 0.3) is 0 Å². The Balaban J connectivity index is 1.86. The van der Waals surface area contributed by atoms with Gasteiger partial charge in [-0.05, 0) is 24.3 Å². The number of ether oxygens (including phenoxy) is 2. The smallest absolute Gasteiger partial charge is 0.162 e. The van der Waals surface area contributed by atoms with Crippen molar-refractivity contribution in [2.45, 2.75) is 16.3 Å². The normalized spacial score (nSPS) is 13.9. The fourth-order valence-corrected chi connectivity index (χ4v) is 2.73. The summed E-state index contributed by atoms with van der Waals surface area (Å²) >= 11 is 6.91. The van der Waals surface area contributed by atoms with Gasteiger partial charge in [0.1, 0.15) is 5.03 Å². The number of nitrogens with zero attached hydrogens (tertiary/aromatic N) is 1. The standard InChI is InChI=1S/C14H11ClFNO2S/c15-9-6-11(16)14(17-8-9)20-10-2-3-12-13(7-10)19-5-1-4-18-12/h2-3,6-8H,1,4-5H2. The van der Waals surface area contributed by atoms with E-state index in [0.29, 0.717) is 19.0 Å². The van der Waals surface area contributed by atoms with Gasteiger partial charge >= 0.3 is 0 Å². The number of aromatic nitrogens is 1. The molecular weight excluding hydrogens is 301 g/mol. The predicted molar refractivity (Wildman–Crippen MR) is 75.4 cm³/mol. The second-order valence-electron chi connectivity index (χ2n) is 4.20. The Morgan fingerprint density at radius 3 is 2.75 bits per heavy atom. The molecule has 1 aromatic heterocycles. The second-order valence-corrected chi connectivity index (χ2v) is 5.70. The van der Waals surface area contributed by atoms with E-state index < -0.39 is 5.82 Å². The fourth-order valence-electron chi connectivity index (χ4n) is 1.80. The molecule has 0 N–H and O–H groups in total. The van der Waals surface area contributed by atoms with Crippen LogP contribution in [0.25, 0.3) is 0 Å². The van der Waals surface area contributed by atoms with E-state index >= 15 is 0 Å². The molecule has 2 heterocycles. The van der Waals surface area contributed by atoms with Gasteiger partial charge in [-0.1, -0.05) is 23.4 Å². The number of pyridine rings is 1. The lowest BCUT2D eigenvalue weighted by Gasteiger charge is -2.09. The molecule has 0 radical (unpaired) electrons. The monoisotopic (exact) mass is 311 g/mol. The van der Waals surface area contributed by atoms with Gasteiger partial charge in [-0.3, -0.25) is 0 Å². The van der Waals surface area contributed by atoms with Crippen LogP contribution in [0.3, 0.4) is 0 Å².